The summed E-state index contributed by atoms with van der Waals surface area (Å²) >= 11 is 2.73. The van der Waals surface area contributed by atoms with Crippen LogP contribution < -0.4 is 4.74 Å². The van der Waals surface area contributed by atoms with Gasteiger partial charge in [-0.15, -0.1) is 22.7 Å². The van der Waals surface area contributed by atoms with Crippen molar-refractivity contribution in [3.8, 4) is 5.75 Å². The lowest BCUT2D eigenvalue weighted by Crippen LogP contribution is -1.99. The van der Waals surface area contributed by atoms with Crippen molar-refractivity contribution in [2.24, 2.45) is 0 Å². The molecule has 0 saturated carbocycles. The Morgan fingerprint density at radius 3 is 2.88 bits per heavy atom. The van der Waals surface area contributed by atoms with Gasteiger partial charge in [-0.1, -0.05) is 0 Å². The van der Waals surface area contributed by atoms with Crippen LogP contribution in [0, 0.1) is 13.8 Å². The number of hydrogen-bond acceptors (Lipinski definition) is 5. The molecule has 2 rings (SSSR count). The lowest BCUT2D eigenvalue weighted by molar-refractivity contribution is 0.0697. The molecule has 0 atom stereocenters. The van der Waals surface area contributed by atoms with Gasteiger partial charge in [-0.2, -0.15) is 0 Å². The van der Waals surface area contributed by atoms with E-state index in [0.717, 1.165) is 15.6 Å². The zero-order valence-corrected chi connectivity index (χ0v) is 11.0. The fourth-order valence-electron chi connectivity index (χ4n) is 1.36. The fourth-order valence-corrected chi connectivity index (χ4v) is 2.83. The Morgan fingerprint density at radius 1 is 1.53 bits per heavy atom. The Balaban J connectivity index is 2.11. The molecule has 0 aliphatic rings. The van der Waals surface area contributed by atoms with Crippen LogP contribution in [0.15, 0.2) is 11.4 Å². The van der Waals surface area contributed by atoms with Crippen LogP contribution in [-0.2, 0) is 6.61 Å². The Morgan fingerprint density at radius 2 is 2.29 bits per heavy atom. The van der Waals surface area contributed by atoms with E-state index in [4.69, 9.17) is 9.84 Å². The van der Waals surface area contributed by atoms with Gasteiger partial charge in [0.2, 0.25) is 0 Å². The van der Waals surface area contributed by atoms with Crippen molar-refractivity contribution in [3.63, 3.8) is 0 Å². The van der Waals surface area contributed by atoms with Crippen LogP contribution in [0.5, 0.6) is 5.75 Å². The predicted octanol–water partition coefficient (Wildman–Crippen LogP) is 3.10. The molecule has 0 saturated heterocycles. The quantitative estimate of drug-likeness (QED) is 0.926. The Hall–Kier alpha value is -1.40. The summed E-state index contributed by atoms with van der Waals surface area (Å²) in [7, 11) is 0. The molecule has 90 valence electrons. The average molecular weight is 269 g/mol. The molecule has 0 fully saturated rings. The smallest absolute Gasteiger partial charge is 0.349 e. The van der Waals surface area contributed by atoms with E-state index in [1.165, 1.54) is 22.7 Å². The third-order valence-corrected chi connectivity index (χ3v) is 3.99. The van der Waals surface area contributed by atoms with E-state index in [1.54, 1.807) is 6.07 Å². The Kier molecular flexibility index (Phi) is 3.44. The van der Waals surface area contributed by atoms with E-state index >= 15 is 0 Å². The minimum absolute atomic E-state index is 0.246. The molecule has 0 amide bonds. The molecule has 0 unspecified atom stereocenters. The lowest BCUT2D eigenvalue weighted by atomic mass is 10.4. The van der Waals surface area contributed by atoms with Gasteiger partial charge in [0.25, 0.3) is 0 Å². The molecule has 0 spiro atoms. The first-order valence-corrected chi connectivity index (χ1v) is 6.63. The van der Waals surface area contributed by atoms with Gasteiger partial charge in [0.1, 0.15) is 17.4 Å². The minimum Gasteiger partial charge on any atom is -0.485 e. The van der Waals surface area contributed by atoms with Crippen LogP contribution in [0.4, 0.5) is 0 Å². The highest BCUT2D eigenvalue weighted by Gasteiger charge is 2.15. The first kappa shape index (κ1) is 12.1. The molecule has 0 bridgehead atoms. The predicted molar refractivity (Wildman–Crippen MR) is 67.2 cm³/mol. The molecule has 1 N–H and O–H groups in total. The number of aryl methyl sites for hydroxylation is 2. The molecular formula is C11H11NO3S2. The fraction of sp³-hybridized carbons (Fsp3) is 0.273. The maximum atomic E-state index is 11.0. The zero-order chi connectivity index (χ0) is 12.4. The Labute approximate surface area is 107 Å². The third-order valence-electron chi connectivity index (χ3n) is 2.03. The molecule has 0 aliphatic carbocycles. The Bertz CT molecular complexity index is 545. The number of carboxylic acid groups (broad SMARTS) is 1. The van der Waals surface area contributed by atoms with Gasteiger partial charge in [-0.05, 0) is 19.9 Å². The number of carboxylic acids is 1. The normalized spacial score (nSPS) is 10.5. The number of aromatic nitrogens is 1. The van der Waals surface area contributed by atoms with Crippen molar-refractivity contribution < 1.29 is 14.6 Å². The molecule has 2 aromatic heterocycles. The van der Waals surface area contributed by atoms with E-state index in [1.807, 2.05) is 19.2 Å². The van der Waals surface area contributed by atoms with Crippen LogP contribution in [-0.4, -0.2) is 16.1 Å². The van der Waals surface area contributed by atoms with Crippen LogP contribution in [0.1, 0.15) is 25.3 Å². The first-order valence-electron chi connectivity index (χ1n) is 4.94. The van der Waals surface area contributed by atoms with Crippen LogP contribution in [0.25, 0.3) is 0 Å². The van der Waals surface area contributed by atoms with Crippen molar-refractivity contribution >= 4 is 28.6 Å². The van der Waals surface area contributed by atoms with E-state index < -0.39 is 5.97 Å². The summed E-state index contributed by atoms with van der Waals surface area (Å²) in [5, 5.41) is 11.8. The zero-order valence-electron chi connectivity index (χ0n) is 9.39. The number of hydrogen-bond donors (Lipinski definition) is 1. The molecule has 6 heteroatoms. The van der Waals surface area contributed by atoms with E-state index in [0.29, 0.717) is 12.4 Å². The highest BCUT2D eigenvalue weighted by molar-refractivity contribution is 7.14. The van der Waals surface area contributed by atoms with Crippen molar-refractivity contribution in [1.29, 1.82) is 0 Å². The van der Waals surface area contributed by atoms with Gasteiger partial charge in [-0.25, -0.2) is 9.78 Å². The second-order valence-corrected chi connectivity index (χ2v) is 5.73. The molecule has 17 heavy (non-hydrogen) atoms. The second kappa shape index (κ2) is 4.85. The molecule has 0 aliphatic heterocycles. The van der Waals surface area contributed by atoms with Gasteiger partial charge in [-0.3, -0.25) is 0 Å². The summed E-state index contributed by atoms with van der Waals surface area (Å²) < 4.78 is 5.50. The lowest BCUT2D eigenvalue weighted by Gasteiger charge is -2.02. The number of aromatic carboxylic acids is 1. The van der Waals surface area contributed by atoms with Crippen LogP contribution >= 0.6 is 22.7 Å². The third kappa shape index (κ3) is 2.83. The summed E-state index contributed by atoms with van der Waals surface area (Å²) in [5.41, 5.74) is 0.952. The first-order chi connectivity index (χ1) is 8.06. The summed E-state index contributed by atoms with van der Waals surface area (Å²) in [5.74, 6) is -0.527. The van der Waals surface area contributed by atoms with Crippen molar-refractivity contribution in [1.82, 2.24) is 4.98 Å². The highest BCUT2D eigenvalue weighted by atomic mass is 32.1. The molecule has 2 aromatic rings. The van der Waals surface area contributed by atoms with Crippen LogP contribution in [0.3, 0.4) is 0 Å². The number of carbonyl (C=O) groups is 1. The highest BCUT2D eigenvalue weighted by Crippen LogP contribution is 2.29. The topological polar surface area (TPSA) is 59.4 Å². The maximum absolute atomic E-state index is 11.0. The van der Waals surface area contributed by atoms with Gasteiger partial charge >= 0.3 is 5.97 Å². The number of ether oxygens (including phenoxy) is 1. The monoisotopic (exact) mass is 269 g/mol. The summed E-state index contributed by atoms with van der Waals surface area (Å²) in [4.78, 5) is 16.4. The SMILES string of the molecule is Cc1csc(COc2cc(C)sc2C(=O)O)n1. The van der Waals surface area contributed by atoms with Crippen molar-refractivity contribution in [3.05, 3.63) is 31.9 Å². The summed E-state index contributed by atoms with van der Waals surface area (Å²) in [6.45, 7) is 4.09. The average Bonchev–Trinajstić information content (AvgIpc) is 2.82. The minimum atomic E-state index is -0.951. The molecule has 4 nitrogen and oxygen atoms in total. The van der Waals surface area contributed by atoms with E-state index in [-0.39, 0.29) is 4.88 Å². The number of nitrogens with zero attached hydrogens (tertiary/aromatic N) is 1. The van der Waals surface area contributed by atoms with Crippen LogP contribution in [0.2, 0.25) is 0 Å². The van der Waals surface area contributed by atoms with Gasteiger partial charge in [0, 0.05) is 16.0 Å². The number of rotatable bonds is 4. The van der Waals surface area contributed by atoms with Gasteiger partial charge < -0.3 is 9.84 Å². The maximum Gasteiger partial charge on any atom is 0.349 e. The largest absolute Gasteiger partial charge is 0.485 e. The summed E-state index contributed by atoms with van der Waals surface area (Å²) in [6.07, 6.45) is 0. The molecule has 0 aromatic carbocycles. The van der Waals surface area contributed by atoms with Gasteiger partial charge in [0.05, 0.1) is 0 Å². The molecule has 2 heterocycles. The number of thiazole rings is 1. The molecule has 0 radical (unpaired) electrons. The van der Waals surface area contributed by atoms with Crippen molar-refractivity contribution in [2.75, 3.05) is 0 Å². The second-order valence-electron chi connectivity index (χ2n) is 3.53. The molecular weight excluding hydrogens is 258 g/mol. The standard InChI is InChI=1S/C11H11NO3S2/c1-6-5-16-9(12-6)4-15-8-3-7(2)17-10(8)11(13)14/h3,5H,4H2,1-2H3,(H,13,14). The van der Waals surface area contributed by atoms with Gasteiger partial charge in [0.15, 0.2) is 4.88 Å². The van der Waals surface area contributed by atoms with Crippen molar-refractivity contribution in [2.45, 2.75) is 20.5 Å². The van der Waals surface area contributed by atoms with E-state index in [2.05, 4.69) is 4.98 Å². The van der Waals surface area contributed by atoms with E-state index in [9.17, 15) is 4.79 Å². The number of thiophene rings is 1. The summed E-state index contributed by atoms with van der Waals surface area (Å²) in [6, 6.07) is 1.74.